The number of hydrogen-bond donors (Lipinski definition) is 1. The molecule has 0 heterocycles. The molecule has 0 aliphatic rings. The lowest BCUT2D eigenvalue weighted by Crippen LogP contribution is -2.05. The minimum absolute atomic E-state index is 0.176. The van der Waals surface area contributed by atoms with Gasteiger partial charge in [-0.05, 0) is 37.1 Å². The Morgan fingerprint density at radius 3 is 1.95 bits per heavy atom. The summed E-state index contributed by atoms with van der Waals surface area (Å²) in [5.41, 5.74) is 2.78. The average molecular weight is 496 g/mol. The number of carbonyl (C=O) groups excluding carboxylic acids is 1. The Hall–Kier alpha value is -4.95. The fourth-order valence-electron chi connectivity index (χ4n) is 2.22. The fourth-order valence-corrected chi connectivity index (χ4v) is 2.22. The first-order valence-corrected chi connectivity index (χ1v) is 11.4. The van der Waals surface area contributed by atoms with Gasteiger partial charge in [0.1, 0.15) is 0 Å². The molecule has 0 spiro atoms. The van der Waals surface area contributed by atoms with Crippen molar-refractivity contribution in [3.8, 4) is 6.07 Å². The molecule has 5 nitrogen and oxygen atoms in total. The Bertz CT molecular complexity index is 1150. The first-order chi connectivity index (χ1) is 17.8. The van der Waals surface area contributed by atoms with Crippen LogP contribution < -0.4 is 0 Å². The summed E-state index contributed by atoms with van der Waals surface area (Å²) in [5, 5.41) is 16.3. The second-order valence-electron chi connectivity index (χ2n) is 7.05. The van der Waals surface area contributed by atoms with Crippen LogP contribution in [0.4, 0.5) is 0 Å². The summed E-state index contributed by atoms with van der Waals surface area (Å²) in [6.07, 6.45) is 17.5. The van der Waals surface area contributed by atoms with E-state index in [4.69, 9.17) is 15.1 Å². The van der Waals surface area contributed by atoms with Gasteiger partial charge in [0, 0.05) is 11.6 Å². The van der Waals surface area contributed by atoms with Crippen molar-refractivity contribution in [2.75, 3.05) is 6.61 Å². The SMILES string of the molecule is C=C(C)C(=O)O.C=CC=CC=Cc1ccccc1.CCOC(=O)C(C=Cc1ccccc1)=CC=CC#N. The van der Waals surface area contributed by atoms with Crippen LogP contribution in [0.5, 0.6) is 0 Å². The zero-order chi connectivity index (χ0) is 27.7. The van der Waals surface area contributed by atoms with E-state index in [1.165, 1.54) is 24.6 Å². The summed E-state index contributed by atoms with van der Waals surface area (Å²) in [5.74, 6) is -1.34. The van der Waals surface area contributed by atoms with Gasteiger partial charge >= 0.3 is 11.9 Å². The average Bonchev–Trinajstić information content (AvgIpc) is 2.90. The summed E-state index contributed by atoms with van der Waals surface area (Å²) < 4.78 is 4.95. The molecule has 5 heteroatoms. The highest BCUT2D eigenvalue weighted by Crippen LogP contribution is 2.07. The van der Waals surface area contributed by atoms with Gasteiger partial charge in [-0.15, -0.1) is 0 Å². The number of nitriles is 1. The number of ether oxygens (including phenoxy) is 1. The Kier molecular flexibility index (Phi) is 18.7. The van der Waals surface area contributed by atoms with Crippen LogP contribution in [0.15, 0.2) is 134 Å². The third-order valence-corrected chi connectivity index (χ3v) is 4.02. The fraction of sp³-hybridized carbons (Fsp3) is 0.0938. The highest BCUT2D eigenvalue weighted by atomic mass is 16.5. The van der Waals surface area contributed by atoms with Crippen LogP contribution >= 0.6 is 0 Å². The zero-order valence-corrected chi connectivity index (χ0v) is 21.3. The second-order valence-corrected chi connectivity index (χ2v) is 7.05. The lowest BCUT2D eigenvalue weighted by molar-refractivity contribution is -0.138. The maximum Gasteiger partial charge on any atom is 0.338 e. The maximum atomic E-state index is 11.7. The van der Waals surface area contributed by atoms with E-state index < -0.39 is 11.9 Å². The normalized spacial score (nSPS) is 10.8. The molecule has 2 aromatic carbocycles. The Morgan fingerprint density at radius 1 is 0.946 bits per heavy atom. The number of aliphatic carboxylic acids is 1. The largest absolute Gasteiger partial charge is 0.478 e. The molecule has 0 fully saturated rings. The molecule has 0 aliphatic carbocycles. The molecule has 0 saturated heterocycles. The van der Waals surface area contributed by atoms with E-state index in [0.717, 1.165) is 5.56 Å². The van der Waals surface area contributed by atoms with Crippen molar-refractivity contribution >= 4 is 24.1 Å². The molecule has 0 aromatic heterocycles. The van der Waals surface area contributed by atoms with Crippen molar-refractivity contribution in [2.24, 2.45) is 0 Å². The Labute approximate surface area is 220 Å². The molecule has 2 aromatic rings. The van der Waals surface area contributed by atoms with Crippen molar-refractivity contribution in [3.63, 3.8) is 0 Å². The van der Waals surface area contributed by atoms with Crippen LogP contribution in [-0.4, -0.2) is 23.7 Å². The molecule has 0 amide bonds. The summed E-state index contributed by atoms with van der Waals surface area (Å²) in [4.78, 5) is 21.3. The molecule has 0 bridgehead atoms. The first kappa shape index (κ1) is 32.1. The molecule has 37 heavy (non-hydrogen) atoms. The van der Waals surface area contributed by atoms with Crippen LogP contribution in [-0.2, 0) is 14.3 Å². The molecule has 1 N–H and O–H groups in total. The minimum Gasteiger partial charge on any atom is -0.478 e. The van der Waals surface area contributed by atoms with Crippen LogP contribution in [0.3, 0.4) is 0 Å². The molecule has 2 rings (SSSR count). The van der Waals surface area contributed by atoms with Gasteiger partial charge in [-0.25, -0.2) is 9.59 Å². The third-order valence-electron chi connectivity index (χ3n) is 4.02. The van der Waals surface area contributed by atoms with Gasteiger partial charge in [0.2, 0.25) is 0 Å². The van der Waals surface area contributed by atoms with Gasteiger partial charge in [-0.1, -0.05) is 116 Å². The van der Waals surface area contributed by atoms with E-state index in [-0.39, 0.29) is 5.57 Å². The van der Waals surface area contributed by atoms with Crippen molar-refractivity contribution < 1.29 is 19.4 Å². The monoisotopic (exact) mass is 495 g/mol. The number of hydrogen-bond acceptors (Lipinski definition) is 4. The van der Waals surface area contributed by atoms with Crippen LogP contribution in [0.25, 0.3) is 12.2 Å². The molecule has 0 radical (unpaired) electrons. The van der Waals surface area contributed by atoms with E-state index in [0.29, 0.717) is 12.2 Å². The highest BCUT2D eigenvalue weighted by molar-refractivity contribution is 5.93. The molecule has 0 atom stereocenters. The Balaban J connectivity index is 0.000000611. The van der Waals surface area contributed by atoms with Gasteiger partial charge < -0.3 is 9.84 Å². The number of nitrogens with zero attached hydrogens (tertiary/aromatic N) is 1. The van der Waals surface area contributed by atoms with E-state index in [2.05, 4.69) is 31.4 Å². The number of esters is 1. The molecular formula is C32H33NO4. The Morgan fingerprint density at radius 2 is 1.49 bits per heavy atom. The number of carboxylic acids is 1. The zero-order valence-electron chi connectivity index (χ0n) is 21.3. The molecule has 190 valence electrons. The van der Waals surface area contributed by atoms with Crippen LogP contribution in [0.2, 0.25) is 0 Å². The van der Waals surface area contributed by atoms with Crippen LogP contribution in [0, 0.1) is 11.3 Å². The first-order valence-electron chi connectivity index (χ1n) is 11.4. The van der Waals surface area contributed by atoms with Gasteiger partial charge in [-0.2, -0.15) is 5.26 Å². The summed E-state index contributed by atoms with van der Waals surface area (Å²) >= 11 is 0. The van der Waals surface area contributed by atoms with Gasteiger partial charge in [0.15, 0.2) is 0 Å². The van der Waals surface area contributed by atoms with Gasteiger partial charge in [0.25, 0.3) is 0 Å². The number of rotatable bonds is 9. The molecule has 0 saturated carbocycles. The maximum absolute atomic E-state index is 11.7. The molecule has 0 aliphatic heterocycles. The molecule has 0 unspecified atom stereocenters. The predicted molar refractivity (Wildman–Crippen MR) is 152 cm³/mol. The number of allylic oxidation sites excluding steroid dienone is 7. The standard InChI is InChI=1S/C16H15NO2.C12H12.C4H6O2/c1-2-19-16(18)15(10-6-7-13-17)12-11-14-8-4-3-5-9-14;1-2-3-4-6-9-12-10-7-5-8-11-12;1-3(2)4(5)6/h3-12H,2H2,1H3;2-11H,1H2;1H2,2H3,(H,5,6). The topological polar surface area (TPSA) is 87.4 Å². The lowest BCUT2D eigenvalue weighted by atomic mass is 10.1. The van der Waals surface area contributed by atoms with Crippen molar-refractivity contribution in [1.82, 2.24) is 0 Å². The lowest BCUT2D eigenvalue weighted by Gasteiger charge is -2.01. The second kappa shape index (κ2) is 21.6. The number of carbonyl (C=O) groups is 2. The van der Waals surface area contributed by atoms with Gasteiger partial charge in [-0.3, -0.25) is 0 Å². The van der Waals surface area contributed by atoms with Gasteiger partial charge in [0.05, 0.1) is 18.2 Å². The minimum atomic E-state index is -0.935. The van der Waals surface area contributed by atoms with Crippen molar-refractivity contribution in [3.05, 3.63) is 145 Å². The smallest absolute Gasteiger partial charge is 0.338 e. The van der Waals surface area contributed by atoms with E-state index in [9.17, 15) is 9.59 Å². The summed E-state index contributed by atoms with van der Waals surface area (Å²) in [6, 6.07) is 21.7. The van der Waals surface area contributed by atoms with Crippen LogP contribution in [0.1, 0.15) is 25.0 Å². The summed E-state index contributed by atoms with van der Waals surface area (Å²) in [6.45, 7) is 10.3. The van der Waals surface area contributed by atoms with Crippen molar-refractivity contribution in [2.45, 2.75) is 13.8 Å². The predicted octanol–water partition coefficient (Wildman–Crippen LogP) is 7.36. The van der Waals surface area contributed by atoms with E-state index >= 15 is 0 Å². The van der Waals surface area contributed by atoms with Crippen molar-refractivity contribution in [1.29, 1.82) is 5.26 Å². The quantitative estimate of drug-likeness (QED) is 0.170. The third kappa shape index (κ3) is 18.1. The number of benzene rings is 2. The summed E-state index contributed by atoms with van der Waals surface area (Å²) in [7, 11) is 0. The highest BCUT2D eigenvalue weighted by Gasteiger charge is 2.05. The van der Waals surface area contributed by atoms with E-state index in [1.54, 1.807) is 25.2 Å². The number of carboxylic acid groups (broad SMARTS) is 1. The van der Waals surface area contributed by atoms with E-state index in [1.807, 2.05) is 78.9 Å². The molecular weight excluding hydrogens is 462 g/mol.